The number of amides is 1. The van der Waals surface area contributed by atoms with Crippen LogP contribution in [0.1, 0.15) is 18.9 Å². The van der Waals surface area contributed by atoms with Gasteiger partial charge in [0.1, 0.15) is 12.9 Å². The van der Waals surface area contributed by atoms with E-state index in [1.165, 1.54) is 16.6 Å². The van der Waals surface area contributed by atoms with Crippen LogP contribution in [0.2, 0.25) is 0 Å². The van der Waals surface area contributed by atoms with Crippen LogP contribution in [0.25, 0.3) is 0 Å². The Hall–Kier alpha value is -2.37. The van der Waals surface area contributed by atoms with Gasteiger partial charge in [-0.15, -0.1) is 5.10 Å². The summed E-state index contributed by atoms with van der Waals surface area (Å²) in [6.45, 7) is 2.23. The Balaban J connectivity index is 1.87. The lowest BCUT2D eigenvalue weighted by Crippen LogP contribution is -2.43. The van der Waals surface area contributed by atoms with Crippen LogP contribution in [-0.2, 0) is 17.8 Å². The van der Waals surface area contributed by atoms with Crippen molar-refractivity contribution in [1.29, 1.82) is 0 Å². The van der Waals surface area contributed by atoms with E-state index in [0.29, 0.717) is 0 Å². The molecule has 1 aromatic heterocycles. The molecular weight excluding hydrogens is 254 g/mol. The van der Waals surface area contributed by atoms with Crippen molar-refractivity contribution in [3.8, 4) is 0 Å². The third kappa shape index (κ3) is 2.24. The fourth-order valence-corrected chi connectivity index (χ4v) is 2.67. The van der Waals surface area contributed by atoms with Crippen LogP contribution >= 0.6 is 0 Å². The number of hydrogen-bond acceptors (Lipinski definition) is 4. The van der Waals surface area contributed by atoms with Crippen molar-refractivity contribution < 1.29 is 4.79 Å². The molecule has 1 unspecified atom stereocenters. The number of nitrogens with zero attached hydrogens (tertiary/aromatic N) is 4. The van der Waals surface area contributed by atoms with E-state index in [9.17, 15) is 4.79 Å². The van der Waals surface area contributed by atoms with Crippen molar-refractivity contribution in [3.05, 3.63) is 36.2 Å². The first-order chi connectivity index (χ1) is 9.65. The maximum absolute atomic E-state index is 12.5. The highest BCUT2D eigenvalue weighted by molar-refractivity contribution is 5.95. The third-order valence-electron chi connectivity index (χ3n) is 3.64. The molecular formula is C14H17N5O. The topological polar surface area (TPSA) is 77.0 Å². The van der Waals surface area contributed by atoms with Crippen molar-refractivity contribution in [2.45, 2.75) is 32.4 Å². The predicted octanol–water partition coefficient (Wildman–Crippen LogP) is 1.23. The van der Waals surface area contributed by atoms with Gasteiger partial charge in [-0.25, -0.2) is 9.67 Å². The molecule has 0 saturated carbocycles. The minimum atomic E-state index is 0.00884. The molecule has 0 aliphatic carbocycles. The summed E-state index contributed by atoms with van der Waals surface area (Å²) >= 11 is 0. The van der Waals surface area contributed by atoms with Gasteiger partial charge in [-0.2, -0.15) is 0 Å². The number of carbonyl (C=O) groups is 1. The van der Waals surface area contributed by atoms with Crippen molar-refractivity contribution in [2.24, 2.45) is 0 Å². The number of nitrogens with two attached hydrogens (primary N) is 1. The standard InChI is InChI=1S/C14H17N5O/c1-10-6-7-11-4-2-3-5-12(11)19(10)13(20)8-18-9-16-14(15)17-18/h2-5,9-10H,6-8H2,1H3,(H2,15,17). The van der Waals surface area contributed by atoms with Gasteiger partial charge in [0.15, 0.2) is 0 Å². The van der Waals surface area contributed by atoms with Crippen molar-refractivity contribution in [1.82, 2.24) is 14.8 Å². The molecule has 0 saturated heterocycles. The second kappa shape index (κ2) is 4.96. The Kier molecular flexibility index (Phi) is 3.14. The van der Waals surface area contributed by atoms with Gasteiger partial charge < -0.3 is 10.6 Å². The maximum Gasteiger partial charge on any atom is 0.249 e. The van der Waals surface area contributed by atoms with Gasteiger partial charge in [0.25, 0.3) is 0 Å². The van der Waals surface area contributed by atoms with Gasteiger partial charge in [-0.05, 0) is 31.4 Å². The molecule has 0 radical (unpaired) electrons. The van der Waals surface area contributed by atoms with Gasteiger partial charge >= 0.3 is 0 Å². The van der Waals surface area contributed by atoms with Crippen LogP contribution in [0.15, 0.2) is 30.6 Å². The molecule has 20 heavy (non-hydrogen) atoms. The fraction of sp³-hybridized carbons (Fsp3) is 0.357. The van der Waals surface area contributed by atoms with Gasteiger partial charge in [0.2, 0.25) is 11.9 Å². The second-order valence-corrected chi connectivity index (χ2v) is 5.08. The molecule has 104 valence electrons. The molecule has 1 aromatic carbocycles. The first-order valence-corrected chi connectivity index (χ1v) is 6.70. The minimum absolute atomic E-state index is 0.00884. The highest BCUT2D eigenvalue weighted by atomic mass is 16.2. The monoisotopic (exact) mass is 271 g/mol. The lowest BCUT2D eigenvalue weighted by atomic mass is 9.96. The number of carbonyl (C=O) groups excluding carboxylic acids is 1. The maximum atomic E-state index is 12.5. The van der Waals surface area contributed by atoms with E-state index in [0.717, 1.165) is 18.5 Å². The average molecular weight is 271 g/mol. The summed E-state index contributed by atoms with van der Waals surface area (Å²) in [5.74, 6) is 0.194. The number of nitrogen functional groups attached to an aromatic ring is 1. The van der Waals surface area contributed by atoms with Crippen LogP contribution in [0, 0.1) is 0 Å². The lowest BCUT2D eigenvalue weighted by molar-refractivity contribution is -0.119. The molecule has 0 fully saturated rings. The molecule has 1 aliphatic heterocycles. The Morgan fingerprint density at radius 2 is 2.25 bits per heavy atom. The average Bonchev–Trinajstić information content (AvgIpc) is 2.83. The number of benzene rings is 1. The first kappa shape index (κ1) is 12.7. The van der Waals surface area contributed by atoms with Gasteiger partial charge in [-0.1, -0.05) is 18.2 Å². The van der Waals surface area contributed by atoms with Gasteiger partial charge in [-0.3, -0.25) is 4.79 Å². The molecule has 2 aromatic rings. The van der Waals surface area contributed by atoms with E-state index >= 15 is 0 Å². The highest BCUT2D eigenvalue weighted by Crippen LogP contribution is 2.30. The number of para-hydroxylation sites is 1. The van der Waals surface area contributed by atoms with E-state index in [-0.39, 0.29) is 24.4 Å². The van der Waals surface area contributed by atoms with E-state index < -0.39 is 0 Å². The summed E-state index contributed by atoms with van der Waals surface area (Å²) in [5, 5.41) is 3.96. The Morgan fingerprint density at radius 3 is 3.00 bits per heavy atom. The molecule has 0 spiro atoms. The Morgan fingerprint density at radius 1 is 1.45 bits per heavy atom. The van der Waals surface area contributed by atoms with Crippen molar-refractivity contribution in [3.63, 3.8) is 0 Å². The summed E-state index contributed by atoms with van der Waals surface area (Å²) in [6.07, 6.45) is 3.47. The normalized spacial score (nSPS) is 17.9. The number of rotatable bonds is 2. The quantitative estimate of drug-likeness (QED) is 0.891. The summed E-state index contributed by atoms with van der Waals surface area (Å²) in [7, 11) is 0. The summed E-state index contributed by atoms with van der Waals surface area (Å²) in [4.78, 5) is 18.2. The minimum Gasteiger partial charge on any atom is -0.367 e. The summed E-state index contributed by atoms with van der Waals surface area (Å²) < 4.78 is 1.47. The molecule has 0 bridgehead atoms. The fourth-order valence-electron chi connectivity index (χ4n) is 2.67. The van der Waals surface area contributed by atoms with Crippen LogP contribution in [0.5, 0.6) is 0 Å². The molecule has 6 nitrogen and oxygen atoms in total. The van der Waals surface area contributed by atoms with Gasteiger partial charge in [0, 0.05) is 11.7 Å². The first-order valence-electron chi connectivity index (χ1n) is 6.70. The van der Waals surface area contributed by atoms with E-state index in [4.69, 9.17) is 5.73 Å². The predicted molar refractivity (Wildman–Crippen MR) is 76.1 cm³/mol. The highest BCUT2D eigenvalue weighted by Gasteiger charge is 2.28. The molecule has 1 atom stereocenters. The van der Waals surface area contributed by atoms with Crippen LogP contribution < -0.4 is 10.6 Å². The van der Waals surface area contributed by atoms with Crippen LogP contribution in [0.3, 0.4) is 0 Å². The summed E-state index contributed by atoms with van der Waals surface area (Å²) in [5.41, 5.74) is 7.69. The largest absolute Gasteiger partial charge is 0.367 e. The van der Waals surface area contributed by atoms with E-state index in [1.807, 2.05) is 23.1 Å². The van der Waals surface area contributed by atoms with E-state index in [1.54, 1.807) is 0 Å². The van der Waals surface area contributed by atoms with Crippen LogP contribution in [-0.4, -0.2) is 26.7 Å². The number of anilines is 2. The summed E-state index contributed by atoms with van der Waals surface area (Å²) in [6, 6.07) is 8.24. The smallest absolute Gasteiger partial charge is 0.249 e. The zero-order chi connectivity index (χ0) is 14.1. The van der Waals surface area contributed by atoms with E-state index in [2.05, 4.69) is 23.1 Å². The van der Waals surface area contributed by atoms with Crippen LogP contribution in [0.4, 0.5) is 11.6 Å². The lowest BCUT2D eigenvalue weighted by Gasteiger charge is -2.35. The number of aryl methyl sites for hydroxylation is 1. The molecule has 2 N–H and O–H groups in total. The number of aromatic nitrogens is 3. The number of hydrogen-bond donors (Lipinski definition) is 1. The molecule has 3 rings (SSSR count). The molecule has 6 heteroatoms. The Labute approximate surface area is 117 Å². The van der Waals surface area contributed by atoms with Gasteiger partial charge in [0.05, 0.1) is 0 Å². The molecule has 2 heterocycles. The number of fused-ring (bicyclic) bond motifs is 1. The molecule has 1 aliphatic rings. The van der Waals surface area contributed by atoms with Crippen molar-refractivity contribution >= 4 is 17.5 Å². The zero-order valence-corrected chi connectivity index (χ0v) is 11.4. The Bertz CT molecular complexity index is 636. The zero-order valence-electron chi connectivity index (χ0n) is 11.4. The third-order valence-corrected chi connectivity index (χ3v) is 3.64. The SMILES string of the molecule is CC1CCc2ccccc2N1C(=O)Cn1cnc(N)n1. The molecule has 1 amide bonds. The second-order valence-electron chi connectivity index (χ2n) is 5.08. The van der Waals surface area contributed by atoms with Crippen molar-refractivity contribution in [2.75, 3.05) is 10.6 Å².